The van der Waals surface area contributed by atoms with Gasteiger partial charge in [-0.05, 0) is 25.2 Å². The van der Waals surface area contributed by atoms with Crippen molar-refractivity contribution in [3.8, 4) is 0 Å². The van der Waals surface area contributed by atoms with Gasteiger partial charge in [-0.1, -0.05) is 46.0 Å². The fourth-order valence-electron chi connectivity index (χ4n) is 3.03. The average Bonchev–Trinajstić information content (AvgIpc) is 2.34. The van der Waals surface area contributed by atoms with E-state index in [1.807, 2.05) is 0 Å². The van der Waals surface area contributed by atoms with Gasteiger partial charge in [0.1, 0.15) is 0 Å². The molecule has 1 saturated carbocycles. The average molecular weight is 255 g/mol. The van der Waals surface area contributed by atoms with Gasteiger partial charge in [-0.2, -0.15) is 0 Å². The minimum atomic E-state index is -0.334. The van der Waals surface area contributed by atoms with Crippen molar-refractivity contribution in [2.75, 3.05) is 6.61 Å². The molecule has 3 nitrogen and oxygen atoms in total. The summed E-state index contributed by atoms with van der Waals surface area (Å²) in [5, 5.41) is 12.7. The van der Waals surface area contributed by atoms with Crippen LogP contribution >= 0.6 is 0 Å². The standard InChI is InChI=1S/C15H29NO2/c1-3-4-5-6-9-14(18)16-15(12-17)10-7-8-13(2)11-15/h13,17H,3-12H2,1-2H3,(H,16,18). The number of rotatable bonds is 7. The molecule has 0 aromatic rings. The van der Waals surface area contributed by atoms with Crippen molar-refractivity contribution in [2.24, 2.45) is 5.92 Å². The number of nitrogens with one attached hydrogen (secondary N) is 1. The van der Waals surface area contributed by atoms with Crippen LogP contribution in [0.15, 0.2) is 0 Å². The molecule has 2 atom stereocenters. The lowest BCUT2D eigenvalue weighted by Gasteiger charge is -2.39. The van der Waals surface area contributed by atoms with Crippen LogP contribution in [0.3, 0.4) is 0 Å². The maximum absolute atomic E-state index is 11.9. The highest BCUT2D eigenvalue weighted by molar-refractivity contribution is 5.76. The van der Waals surface area contributed by atoms with E-state index in [1.165, 1.54) is 19.3 Å². The Morgan fingerprint density at radius 3 is 2.78 bits per heavy atom. The lowest BCUT2D eigenvalue weighted by Crippen LogP contribution is -2.53. The molecule has 1 fully saturated rings. The number of carbonyl (C=O) groups is 1. The smallest absolute Gasteiger partial charge is 0.220 e. The summed E-state index contributed by atoms with van der Waals surface area (Å²) < 4.78 is 0. The summed E-state index contributed by atoms with van der Waals surface area (Å²) in [5.74, 6) is 0.723. The van der Waals surface area contributed by atoms with Crippen LogP contribution in [0.4, 0.5) is 0 Å². The number of aliphatic hydroxyl groups is 1. The maximum Gasteiger partial charge on any atom is 0.220 e. The summed E-state index contributed by atoms with van der Waals surface area (Å²) in [6, 6.07) is 0. The highest BCUT2D eigenvalue weighted by Gasteiger charge is 2.35. The lowest BCUT2D eigenvalue weighted by molar-refractivity contribution is -0.124. The van der Waals surface area contributed by atoms with E-state index in [0.29, 0.717) is 12.3 Å². The van der Waals surface area contributed by atoms with Crippen LogP contribution < -0.4 is 5.32 Å². The Morgan fingerprint density at radius 1 is 1.39 bits per heavy atom. The first-order chi connectivity index (χ1) is 8.62. The van der Waals surface area contributed by atoms with E-state index in [-0.39, 0.29) is 18.1 Å². The molecule has 1 amide bonds. The third-order valence-corrected chi connectivity index (χ3v) is 4.06. The number of aliphatic hydroxyl groups excluding tert-OH is 1. The van der Waals surface area contributed by atoms with Crippen molar-refractivity contribution in [1.82, 2.24) is 5.32 Å². The van der Waals surface area contributed by atoms with Gasteiger partial charge in [0.15, 0.2) is 0 Å². The number of hydrogen-bond acceptors (Lipinski definition) is 2. The van der Waals surface area contributed by atoms with Gasteiger partial charge in [0.05, 0.1) is 12.1 Å². The van der Waals surface area contributed by atoms with Gasteiger partial charge in [0, 0.05) is 6.42 Å². The van der Waals surface area contributed by atoms with Crippen LogP contribution in [0.1, 0.15) is 71.6 Å². The molecular weight excluding hydrogens is 226 g/mol. The molecular formula is C15H29NO2. The first-order valence-electron chi connectivity index (χ1n) is 7.54. The van der Waals surface area contributed by atoms with Gasteiger partial charge in [0.2, 0.25) is 5.91 Å². The van der Waals surface area contributed by atoms with Crippen molar-refractivity contribution >= 4 is 5.91 Å². The molecule has 0 aromatic carbocycles. The maximum atomic E-state index is 11.9. The van der Waals surface area contributed by atoms with Crippen molar-refractivity contribution in [3.63, 3.8) is 0 Å². The fourth-order valence-corrected chi connectivity index (χ4v) is 3.03. The van der Waals surface area contributed by atoms with E-state index >= 15 is 0 Å². The fraction of sp³-hybridized carbons (Fsp3) is 0.933. The second-order valence-electron chi connectivity index (χ2n) is 6.00. The highest BCUT2D eigenvalue weighted by Crippen LogP contribution is 2.32. The quantitative estimate of drug-likeness (QED) is 0.687. The predicted octanol–water partition coefficient (Wildman–Crippen LogP) is 3.01. The molecule has 18 heavy (non-hydrogen) atoms. The molecule has 0 aromatic heterocycles. The zero-order chi connectivity index (χ0) is 13.4. The molecule has 1 rings (SSSR count). The second-order valence-corrected chi connectivity index (χ2v) is 6.00. The molecule has 0 heterocycles. The number of hydrogen-bond donors (Lipinski definition) is 2. The summed E-state index contributed by atoms with van der Waals surface area (Å²) in [6.07, 6.45) is 9.28. The van der Waals surface area contributed by atoms with Crippen LogP contribution in [0.2, 0.25) is 0 Å². The van der Waals surface area contributed by atoms with Crippen molar-refractivity contribution < 1.29 is 9.90 Å². The molecule has 2 unspecified atom stereocenters. The molecule has 3 heteroatoms. The first-order valence-corrected chi connectivity index (χ1v) is 7.54. The summed E-state index contributed by atoms with van der Waals surface area (Å²) in [7, 11) is 0. The second kappa shape index (κ2) is 7.78. The van der Waals surface area contributed by atoms with Gasteiger partial charge in [-0.25, -0.2) is 0 Å². The lowest BCUT2D eigenvalue weighted by atomic mass is 9.76. The van der Waals surface area contributed by atoms with Crippen LogP contribution in [-0.2, 0) is 4.79 Å². The molecule has 0 saturated heterocycles. The van der Waals surface area contributed by atoms with E-state index in [4.69, 9.17) is 0 Å². The van der Waals surface area contributed by atoms with E-state index in [0.717, 1.165) is 32.1 Å². The Kier molecular flexibility index (Phi) is 6.69. The van der Waals surface area contributed by atoms with E-state index < -0.39 is 0 Å². The van der Waals surface area contributed by atoms with Gasteiger partial charge in [-0.15, -0.1) is 0 Å². The summed E-state index contributed by atoms with van der Waals surface area (Å²) in [4.78, 5) is 11.9. The van der Waals surface area contributed by atoms with Crippen LogP contribution in [0.25, 0.3) is 0 Å². The Balaban J connectivity index is 2.35. The Hall–Kier alpha value is -0.570. The minimum absolute atomic E-state index is 0.0814. The highest BCUT2D eigenvalue weighted by atomic mass is 16.3. The Bertz CT molecular complexity index is 255. The first kappa shape index (κ1) is 15.5. The number of unbranched alkanes of at least 4 members (excludes halogenated alkanes) is 3. The predicted molar refractivity (Wildman–Crippen MR) is 74.4 cm³/mol. The molecule has 2 N–H and O–H groups in total. The van der Waals surface area contributed by atoms with E-state index in [1.54, 1.807) is 0 Å². The summed E-state index contributed by atoms with van der Waals surface area (Å²) in [5.41, 5.74) is -0.334. The van der Waals surface area contributed by atoms with Crippen LogP contribution in [0.5, 0.6) is 0 Å². The van der Waals surface area contributed by atoms with Crippen molar-refractivity contribution in [3.05, 3.63) is 0 Å². The third kappa shape index (κ3) is 4.97. The third-order valence-electron chi connectivity index (χ3n) is 4.06. The van der Waals surface area contributed by atoms with Crippen LogP contribution in [-0.4, -0.2) is 23.2 Å². The van der Waals surface area contributed by atoms with Gasteiger partial charge in [-0.3, -0.25) is 4.79 Å². The molecule has 106 valence electrons. The SMILES string of the molecule is CCCCCCC(=O)NC1(CO)CCCC(C)C1. The monoisotopic (exact) mass is 255 g/mol. The summed E-state index contributed by atoms with van der Waals surface area (Å²) >= 11 is 0. The molecule has 0 spiro atoms. The number of amides is 1. The molecule has 1 aliphatic carbocycles. The minimum Gasteiger partial charge on any atom is -0.394 e. The Morgan fingerprint density at radius 2 is 2.17 bits per heavy atom. The van der Waals surface area contributed by atoms with Crippen molar-refractivity contribution in [2.45, 2.75) is 77.2 Å². The topological polar surface area (TPSA) is 49.3 Å². The van der Waals surface area contributed by atoms with Gasteiger partial charge >= 0.3 is 0 Å². The molecule has 0 bridgehead atoms. The van der Waals surface area contributed by atoms with E-state index in [9.17, 15) is 9.90 Å². The molecule has 0 radical (unpaired) electrons. The normalized spacial score (nSPS) is 28.1. The zero-order valence-electron chi connectivity index (χ0n) is 12.0. The summed E-state index contributed by atoms with van der Waals surface area (Å²) in [6.45, 7) is 4.46. The largest absolute Gasteiger partial charge is 0.394 e. The van der Waals surface area contributed by atoms with Crippen LogP contribution in [0, 0.1) is 5.92 Å². The zero-order valence-corrected chi connectivity index (χ0v) is 12.0. The van der Waals surface area contributed by atoms with Gasteiger partial charge in [0.25, 0.3) is 0 Å². The molecule has 0 aliphatic heterocycles. The molecule has 1 aliphatic rings. The number of carbonyl (C=O) groups excluding carboxylic acids is 1. The van der Waals surface area contributed by atoms with E-state index in [2.05, 4.69) is 19.2 Å². The van der Waals surface area contributed by atoms with Crippen molar-refractivity contribution in [1.29, 1.82) is 0 Å². The van der Waals surface area contributed by atoms with Gasteiger partial charge < -0.3 is 10.4 Å². The Labute approximate surface area is 111 Å².